The van der Waals surface area contributed by atoms with E-state index in [1.807, 2.05) is 0 Å². The Morgan fingerprint density at radius 3 is 2.58 bits per heavy atom. The third kappa shape index (κ3) is 6.54. The number of rotatable bonds is 8. The Hall–Kier alpha value is -1.90. The smallest absolute Gasteiger partial charge is 0.233 e. The fourth-order valence-electron chi connectivity index (χ4n) is 4.13. The lowest BCUT2D eigenvalue weighted by Crippen LogP contribution is -2.27. The van der Waals surface area contributed by atoms with Gasteiger partial charge in [0.2, 0.25) is 5.91 Å². The highest BCUT2D eigenvalue weighted by Gasteiger charge is 2.28. The molecule has 1 heterocycles. The van der Waals surface area contributed by atoms with Crippen LogP contribution in [-0.2, 0) is 21.2 Å². The molecule has 1 atom stereocenters. The third-order valence-corrected chi connectivity index (χ3v) is 7.14. The lowest BCUT2D eigenvalue weighted by atomic mass is 9.87. The van der Waals surface area contributed by atoms with E-state index in [1.54, 1.807) is 42.9 Å². The van der Waals surface area contributed by atoms with Crippen LogP contribution in [0.1, 0.15) is 57.4 Å². The van der Waals surface area contributed by atoms with Crippen LogP contribution in [0.2, 0.25) is 5.02 Å². The van der Waals surface area contributed by atoms with Crippen LogP contribution in [0.25, 0.3) is 0 Å². The van der Waals surface area contributed by atoms with E-state index in [-0.39, 0.29) is 15.8 Å². The lowest BCUT2D eigenvalue weighted by molar-refractivity contribution is -0.118. The topological polar surface area (TPSA) is 101 Å². The van der Waals surface area contributed by atoms with E-state index in [2.05, 4.69) is 10.4 Å². The van der Waals surface area contributed by atoms with Gasteiger partial charge in [-0.2, -0.15) is 5.10 Å². The van der Waals surface area contributed by atoms with Crippen molar-refractivity contribution in [2.24, 2.45) is 5.92 Å². The Labute approximate surface area is 188 Å². The van der Waals surface area contributed by atoms with Crippen molar-refractivity contribution in [2.45, 2.75) is 68.9 Å². The van der Waals surface area contributed by atoms with Gasteiger partial charge in [-0.05, 0) is 43.9 Å². The number of nitrogens with one attached hydrogen (secondary N) is 1. The van der Waals surface area contributed by atoms with E-state index in [9.17, 15) is 18.3 Å². The molecule has 2 N–H and O–H groups in total. The van der Waals surface area contributed by atoms with Crippen molar-refractivity contribution in [1.29, 1.82) is 0 Å². The van der Waals surface area contributed by atoms with E-state index in [0.717, 1.165) is 31.9 Å². The van der Waals surface area contributed by atoms with E-state index >= 15 is 0 Å². The second-order valence-corrected chi connectivity index (χ2v) is 11.5. The average Bonchev–Trinajstić information content (AvgIpc) is 3.29. The van der Waals surface area contributed by atoms with Gasteiger partial charge in [-0.1, -0.05) is 43.4 Å². The van der Waals surface area contributed by atoms with Gasteiger partial charge in [-0.15, -0.1) is 0 Å². The molecule has 2 aromatic rings. The monoisotopic (exact) mass is 467 g/mol. The van der Waals surface area contributed by atoms with Gasteiger partial charge in [0.25, 0.3) is 0 Å². The summed E-state index contributed by atoms with van der Waals surface area (Å²) in [5.41, 5.74) is -0.228. The van der Waals surface area contributed by atoms with Gasteiger partial charge >= 0.3 is 0 Å². The van der Waals surface area contributed by atoms with Gasteiger partial charge in [-0.3, -0.25) is 9.48 Å². The van der Waals surface area contributed by atoms with Gasteiger partial charge in [0.05, 0.1) is 28.0 Å². The summed E-state index contributed by atoms with van der Waals surface area (Å²) in [6, 6.07) is 6.42. The number of benzene rings is 1. The predicted octanol–water partition coefficient (Wildman–Crippen LogP) is 4.01. The molecule has 0 radical (unpaired) electrons. The van der Waals surface area contributed by atoms with Crippen molar-refractivity contribution in [1.82, 2.24) is 9.78 Å². The van der Waals surface area contributed by atoms with Crippen LogP contribution in [0.5, 0.6) is 0 Å². The summed E-state index contributed by atoms with van der Waals surface area (Å²) in [5, 5.41) is 17.3. The molecule has 1 aromatic carbocycles. The number of carbonyl (C=O) groups is 1. The summed E-state index contributed by atoms with van der Waals surface area (Å²) >= 11 is 6.25. The molecular weight excluding hydrogens is 438 g/mol. The molecule has 0 bridgehead atoms. The Bertz CT molecular complexity index is 1040. The number of nitrogens with zero attached hydrogens (tertiary/aromatic N) is 2. The SMILES string of the molecule is CC(C)(O)Cn1ccc(NC(=O)C(CC2CCCC2)c2ccc(S(C)(=O)=O)c(Cl)c2)n1. The molecule has 170 valence electrons. The molecule has 9 heteroatoms. The van der Waals surface area contributed by atoms with Gasteiger partial charge in [0.15, 0.2) is 15.7 Å². The Balaban J connectivity index is 1.83. The summed E-state index contributed by atoms with van der Waals surface area (Å²) in [4.78, 5) is 13.3. The van der Waals surface area contributed by atoms with Gasteiger partial charge in [0, 0.05) is 18.5 Å². The van der Waals surface area contributed by atoms with Crippen molar-refractivity contribution in [2.75, 3.05) is 11.6 Å². The first kappa shape index (κ1) is 23.8. The molecule has 1 saturated carbocycles. The summed E-state index contributed by atoms with van der Waals surface area (Å²) in [5.74, 6) is 0.179. The van der Waals surface area contributed by atoms with Crippen LogP contribution in [0.3, 0.4) is 0 Å². The maximum absolute atomic E-state index is 13.2. The number of sulfone groups is 1. The molecule has 1 aliphatic rings. The molecular formula is C22H30ClN3O4S. The Morgan fingerprint density at radius 2 is 2.00 bits per heavy atom. The predicted molar refractivity (Wildman–Crippen MR) is 121 cm³/mol. The van der Waals surface area contributed by atoms with Crippen LogP contribution < -0.4 is 5.32 Å². The molecule has 1 unspecified atom stereocenters. The van der Waals surface area contributed by atoms with Crippen molar-refractivity contribution in [3.8, 4) is 0 Å². The van der Waals surface area contributed by atoms with Crippen LogP contribution in [0.4, 0.5) is 5.82 Å². The first-order valence-electron chi connectivity index (χ1n) is 10.5. The van der Waals surface area contributed by atoms with E-state index in [0.29, 0.717) is 30.3 Å². The van der Waals surface area contributed by atoms with Crippen LogP contribution in [0.15, 0.2) is 35.4 Å². The number of aromatic nitrogens is 2. The highest BCUT2D eigenvalue weighted by atomic mass is 35.5. The van der Waals surface area contributed by atoms with Crippen LogP contribution in [-0.4, -0.2) is 41.1 Å². The quantitative estimate of drug-likeness (QED) is 0.610. The lowest BCUT2D eigenvalue weighted by Gasteiger charge is -2.21. The highest BCUT2D eigenvalue weighted by molar-refractivity contribution is 7.90. The fraction of sp³-hybridized carbons (Fsp3) is 0.545. The summed E-state index contributed by atoms with van der Waals surface area (Å²) < 4.78 is 25.4. The number of anilines is 1. The zero-order valence-corrected chi connectivity index (χ0v) is 19.7. The molecule has 7 nitrogen and oxygen atoms in total. The minimum atomic E-state index is -3.45. The minimum absolute atomic E-state index is 0.0586. The molecule has 1 amide bonds. The first-order chi connectivity index (χ1) is 14.4. The van der Waals surface area contributed by atoms with Crippen LogP contribution >= 0.6 is 11.6 Å². The van der Waals surface area contributed by atoms with Gasteiger partial charge < -0.3 is 10.4 Å². The Kier molecular flexibility index (Phi) is 7.13. The largest absolute Gasteiger partial charge is 0.389 e. The molecule has 0 aliphatic heterocycles. The fourth-order valence-corrected chi connectivity index (χ4v) is 5.47. The van der Waals surface area contributed by atoms with Crippen molar-refractivity contribution < 1.29 is 18.3 Å². The average molecular weight is 468 g/mol. The highest BCUT2D eigenvalue weighted by Crippen LogP contribution is 2.36. The van der Waals surface area contributed by atoms with Crippen molar-refractivity contribution >= 4 is 33.2 Å². The number of hydrogen-bond acceptors (Lipinski definition) is 5. The van der Waals surface area contributed by atoms with E-state index < -0.39 is 21.4 Å². The summed E-state index contributed by atoms with van der Waals surface area (Å²) in [7, 11) is -3.45. The number of halogens is 1. The third-order valence-electron chi connectivity index (χ3n) is 5.56. The molecule has 0 spiro atoms. The Morgan fingerprint density at radius 1 is 1.32 bits per heavy atom. The van der Waals surface area contributed by atoms with Crippen molar-refractivity contribution in [3.05, 3.63) is 41.0 Å². The zero-order valence-electron chi connectivity index (χ0n) is 18.1. The molecule has 1 aliphatic carbocycles. The standard InChI is InChI=1S/C22H30ClN3O4S/c1-22(2,28)14-26-11-10-20(25-26)24-21(27)17(12-15-6-4-5-7-15)16-8-9-19(18(23)13-16)31(3,29)30/h8-11,13,15,17,28H,4-7,12,14H2,1-3H3,(H,24,25,27). The number of carbonyl (C=O) groups excluding carboxylic acids is 1. The zero-order chi connectivity index (χ0) is 22.8. The first-order valence-corrected chi connectivity index (χ1v) is 12.8. The van der Waals surface area contributed by atoms with Gasteiger partial charge in [0.1, 0.15) is 0 Å². The molecule has 31 heavy (non-hydrogen) atoms. The number of hydrogen-bond donors (Lipinski definition) is 2. The molecule has 1 fully saturated rings. The summed E-state index contributed by atoms with van der Waals surface area (Å²) in [6.45, 7) is 3.68. The second-order valence-electron chi connectivity index (χ2n) is 9.10. The maximum Gasteiger partial charge on any atom is 0.233 e. The second kappa shape index (κ2) is 9.30. The molecule has 3 rings (SSSR count). The number of aliphatic hydroxyl groups is 1. The van der Waals surface area contributed by atoms with E-state index in [4.69, 9.17) is 11.6 Å². The number of amides is 1. The van der Waals surface area contributed by atoms with Gasteiger partial charge in [-0.25, -0.2) is 8.42 Å². The van der Waals surface area contributed by atoms with E-state index in [1.165, 1.54) is 6.07 Å². The van der Waals surface area contributed by atoms with Crippen molar-refractivity contribution in [3.63, 3.8) is 0 Å². The molecule has 0 saturated heterocycles. The minimum Gasteiger partial charge on any atom is -0.389 e. The molecule has 1 aromatic heterocycles. The normalized spacial score (nSPS) is 16.4. The van der Waals surface area contributed by atoms with Crippen LogP contribution in [0, 0.1) is 5.92 Å². The maximum atomic E-state index is 13.2. The summed E-state index contributed by atoms with van der Waals surface area (Å²) in [6.07, 6.45) is 7.98.